The van der Waals surface area contributed by atoms with Gasteiger partial charge in [0.2, 0.25) is 0 Å². The van der Waals surface area contributed by atoms with E-state index in [0.29, 0.717) is 53.8 Å². The molecule has 4 aliphatic rings. The van der Waals surface area contributed by atoms with Gasteiger partial charge in [-0.2, -0.15) is 0 Å². The third-order valence-corrected chi connectivity index (χ3v) is 14.3. The standard InChI is InChI=1S/C53H59N3O9/c57-22-16-32-9-10-34-26-36(32)27-35-14-20-55-52(35)56-30-37-28-44-40(15-21-54-44)43(29-53(64)18-12-33-4-3-7-45(59)39(33)13-19-53)48(37)51(63)41(17-23-58)46(60)11-8-31-24-42(49(34)61)50(62)47(25-31)65-38-5-1-2-6-38/h3-4,7,9-10,13-15,19-21,24-26,28,38,41,43,48-49,54-59,61-62,64H,1-2,5-6,8,11-12,16-18,22-23,27,29-30H2/t41-,43-,48-,49+,53+/m1/s1. The molecule has 1 aliphatic heterocycles. The summed E-state index contributed by atoms with van der Waals surface area (Å²) in [5.74, 6) is -2.38. The summed E-state index contributed by atoms with van der Waals surface area (Å²) >= 11 is 0. The number of phenols is 2. The molecule has 3 aliphatic carbocycles. The average Bonchev–Trinajstić information content (AvgIpc) is 4.08. The first-order chi connectivity index (χ1) is 31.5. The second-order valence-corrected chi connectivity index (χ2v) is 18.4. The van der Waals surface area contributed by atoms with Crippen LogP contribution < -0.4 is 10.1 Å². The number of aromatic nitrogens is 2. The number of aromatic amines is 2. The molecule has 9 N–H and O–H groups in total. The van der Waals surface area contributed by atoms with Crippen LogP contribution in [0.1, 0.15) is 119 Å². The van der Waals surface area contributed by atoms with Crippen molar-refractivity contribution in [3.05, 3.63) is 140 Å². The third-order valence-electron chi connectivity index (χ3n) is 14.3. The summed E-state index contributed by atoms with van der Waals surface area (Å²) in [7, 11) is 0. The highest BCUT2D eigenvalue weighted by atomic mass is 16.5. The summed E-state index contributed by atoms with van der Waals surface area (Å²) in [5.41, 5.74) is 6.66. The molecule has 0 radical (unpaired) electrons. The second kappa shape index (κ2) is 18.9. The van der Waals surface area contributed by atoms with Crippen LogP contribution >= 0.6 is 0 Å². The van der Waals surface area contributed by atoms with E-state index in [0.717, 1.165) is 59.2 Å². The first kappa shape index (κ1) is 44.3. The van der Waals surface area contributed by atoms with Crippen LogP contribution in [0.2, 0.25) is 0 Å². The Hall–Kier alpha value is -5.92. The first-order valence-corrected chi connectivity index (χ1v) is 23.1. The quantitative estimate of drug-likeness (QED) is 0.0708. The fourth-order valence-corrected chi connectivity index (χ4v) is 10.8. The van der Waals surface area contributed by atoms with Crippen LogP contribution in [-0.2, 0) is 35.3 Å². The highest BCUT2D eigenvalue weighted by molar-refractivity contribution is 6.05. The number of rotatable bonds is 8. The highest BCUT2D eigenvalue weighted by Gasteiger charge is 2.45. The minimum Gasteiger partial charge on any atom is -0.507 e. The van der Waals surface area contributed by atoms with Gasteiger partial charge in [0.1, 0.15) is 23.5 Å². The summed E-state index contributed by atoms with van der Waals surface area (Å²) in [5, 5.41) is 71.0. The number of H-pyrrole nitrogens is 2. The van der Waals surface area contributed by atoms with Gasteiger partial charge in [-0.1, -0.05) is 42.5 Å². The highest BCUT2D eigenvalue weighted by Crippen LogP contribution is 2.47. The van der Waals surface area contributed by atoms with E-state index >= 15 is 4.79 Å². The number of aliphatic hydroxyl groups excluding tert-OH is 3. The molecule has 3 aromatic carbocycles. The number of aromatic hydroxyl groups is 2. The number of hydrogen-bond donors (Lipinski definition) is 9. The molecule has 65 heavy (non-hydrogen) atoms. The SMILES string of the molecule is O=C1CCc2cc(OC3CCCC3)c(O)c(c2)[C@@H](O)c2ccc(CCO)c(c2)Cc2cc[nH]c2NCC2=Cc3[nH]ccc3[C@@H](C[C@@]3(O)C=Cc4c(O)cccc4CC3)[C@@H]2C(=O)[C@@H]1CCO. The number of benzene rings is 3. The van der Waals surface area contributed by atoms with E-state index in [-0.39, 0.29) is 79.3 Å². The van der Waals surface area contributed by atoms with Gasteiger partial charge in [-0.25, -0.2) is 0 Å². The summed E-state index contributed by atoms with van der Waals surface area (Å²) in [6.07, 6.45) is 13.3. The number of ether oxygens (including phenoxy) is 1. The normalized spacial score (nSPS) is 23.7. The fourth-order valence-electron chi connectivity index (χ4n) is 10.8. The number of aryl methyl sites for hydroxylation is 2. The predicted octanol–water partition coefficient (Wildman–Crippen LogP) is 7.36. The lowest BCUT2D eigenvalue weighted by atomic mass is 9.67. The maximum atomic E-state index is 15.4. The van der Waals surface area contributed by atoms with Gasteiger partial charge < -0.3 is 50.7 Å². The molecular weight excluding hydrogens is 823 g/mol. The minimum atomic E-state index is -1.38. The summed E-state index contributed by atoms with van der Waals surface area (Å²) in [4.78, 5) is 36.7. The van der Waals surface area contributed by atoms with Crippen LogP contribution in [0, 0.1) is 11.8 Å². The van der Waals surface area contributed by atoms with E-state index in [9.17, 15) is 35.4 Å². The summed E-state index contributed by atoms with van der Waals surface area (Å²) in [6, 6.07) is 18.3. The maximum Gasteiger partial charge on any atom is 0.163 e. The number of nitrogens with one attached hydrogen (secondary N) is 3. The number of carbonyl (C=O) groups is 2. The van der Waals surface area contributed by atoms with Gasteiger partial charge in [0.15, 0.2) is 17.3 Å². The molecule has 1 fully saturated rings. The molecule has 12 heteroatoms. The number of anilines is 1. The number of ketones is 2. The zero-order chi connectivity index (χ0) is 45.2. The van der Waals surface area contributed by atoms with Crippen LogP contribution in [0.15, 0.2) is 84.7 Å². The van der Waals surface area contributed by atoms with Gasteiger partial charge in [-0.05, 0) is 145 Å². The van der Waals surface area contributed by atoms with Gasteiger partial charge in [0.25, 0.3) is 0 Å². The molecule has 2 aromatic heterocycles. The predicted molar refractivity (Wildman–Crippen MR) is 248 cm³/mol. The van der Waals surface area contributed by atoms with Crippen LogP contribution in [-0.4, -0.2) is 83.6 Å². The summed E-state index contributed by atoms with van der Waals surface area (Å²) < 4.78 is 6.38. The molecule has 0 unspecified atom stereocenters. The zero-order valence-electron chi connectivity index (χ0n) is 36.6. The van der Waals surface area contributed by atoms with E-state index in [1.807, 2.05) is 48.8 Å². The number of Topliss-reactive ketones (excluding diaryl/α,β-unsaturated/α-hetero) is 2. The Morgan fingerprint density at radius 2 is 1.68 bits per heavy atom. The van der Waals surface area contributed by atoms with Crippen LogP contribution in [0.5, 0.6) is 17.2 Å². The van der Waals surface area contributed by atoms with Crippen molar-refractivity contribution in [3.8, 4) is 17.2 Å². The number of fused-ring (bicyclic) bond motifs is 8. The van der Waals surface area contributed by atoms with Crippen molar-refractivity contribution in [2.24, 2.45) is 11.8 Å². The molecule has 3 heterocycles. The zero-order valence-corrected chi connectivity index (χ0v) is 36.6. The van der Waals surface area contributed by atoms with Crippen LogP contribution in [0.25, 0.3) is 12.2 Å². The fraction of sp³-hybridized carbons (Fsp3) is 0.396. The lowest BCUT2D eigenvalue weighted by Crippen LogP contribution is -2.40. The Morgan fingerprint density at radius 3 is 2.49 bits per heavy atom. The van der Waals surface area contributed by atoms with Crippen molar-refractivity contribution < 1.29 is 45.0 Å². The first-order valence-electron chi connectivity index (χ1n) is 23.1. The molecule has 5 aromatic rings. The molecule has 5 atom stereocenters. The van der Waals surface area contributed by atoms with Crippen molar-refractivity contribution in [2.75, 3.05) is 25.1 Å². The molecule has 0 amide bonds. The molecule has 4 bridgehead atoms. The summed E-state index contributed by atoms with van der Waals surface area (Å²) in [6.45, 7) is -0.249. The number of hydrogen-bond acceptors (Lipinski definition) is 10. The average molecular weight is 882 g/mol. The Morgan fingerprint density at radius 1 is 0.846 bits per heavy atom. The minimum absolute atomic E-state index is 0.0516. The van der Waals surface area contributed by atoms with Gasteiger partial charge in [-0.15, -0.1) is 0 Å². The van der Waals surface area contributed by atoms with E-state index in [4.69, 9.17) is 4.74 Å². The van der Waals surface area contributed by atoms with Crippen molar-refractivity contribution >= 4 is 29.5 Å². The van der Waals surface area contributed by atoms with Gasteiger partial charge in [-0.3, -0.25) is 9.59 Å². The molecule has 9 rings (SSSR count). The smallest absolute Gasteiger partial charge is 0.163 e. The largest absolute Gasteiger partial charge is 0.507 e. The lowest BCUT2D eigenvalue weighted by Gasteiger charge is -2.38. The Bertz CT molecular complexity index is 2620. The van der Waals surface area contributed by atoms with E-state index in [1.165, 1.54) is 0 Å². The van der Waals surface area contributed by atoms with Gasteiger partial charge >= 0.3 is 0 Å². The molecule has 340 valence electrons. The van der Waals surface area contributed by atoms with Crippen molar-refractivity contribution in [1.29, 1.82) is 0 Å². The van der Waals surface area contributed by atoms with Gasteiger partial charge in [0, 0.05) is 73.7 Å². The lowest BCUT2D eigenvalue weighted by molar-refractivity contribution is -0.135. The van der Waals surface area contributed by atoms with Crippen molar-refractivity contribution in [2.45, 2.75) is 101 Å². The molecule has 0 spiro atoms. The van der Waals surface area contributed by atoms with Crippen molar-refractivity contribution in [1.82, 2.24) is 9.97 Å². The maximum absolute atomic E-state index is 15.4. The second-order valence-electron chi connectivity index (χ2n) is 18.4. The third kappa shape index (κ3) is 9.18. The van der Waals surface area contributed by atoms with Crippen molar-refractivity contribution in [3.63, 3.8) is 0 Å². The van der Waals surface area contributed by atoms with Gasteiger partial charge in [0.05, 0.1) is 17.6 Å². The Labute approximate surface area is 378 Å². The molecule has 1 saturated carbocycles. The Kier molecular flexibility index (Phi) is 12.9. The number of aliphatic hydroxyl groups is 4. The van der Waals surface area contributed by atoms with E-state index in [1.54, 1.807) is 42.5 Å². The van der Waals surface area contributed by atoms with E-state index < -0.39 is 36.1 Å². The topological polar surface area (TPSA) is 208 Å². The molecule has 0 saturated heterocycles. The number of carbonyl (C=O) groups excluding carboxylic acids is 2. The molecule has 12 nitrogen and oxygen atoms in total. The van der Waals surface area contributed by atoms with Crippen LogP contribution in [0.3, 0.4) is 0 Å². The Balaban J connectivity index is 1.14. The monoisotopic (exact) mass is 881 g/mol. The number of phenolic OH excluding ortho intramolecular Hbond substituents is 2. The molecular formula is C53H59N3O9. The van der Waals surface area contributed by atoms with E-state index in [2.05, 4.69) is 15.3 Å². The van der Waals surface area contributed by atoms with Crippen LogP contribution in [0.4, 0.5) is 5.82 Å².